The Morgan fingerprint density at radius 2 is 2.04 bits per heavy atom. The van der Waals surface area contributed by atoms with Crippen molar-refractivity contribution in [1.82, 2.24) is 15.1 Å². The van der Waals surface area contributed by atoms with Gasteiger partial charge in [-0.1, -0.05) is 38.1 Å². The van der Waals surface area contributed by atoms with Gasteiger partial charge >= 0.3 is 0 Å². The molecule has 1 unspecified atom stereocenters. The molecule has 4 heteroatoms. The predicted octanol–water partition coefficient (Wildman–Crippen LogP) is 3.00. The third kappa shape index (κ3) is 2.93. The van der Waals surface area contributed by atoms with Crippen LogP contribution in [0.1, 0.15) is 54.4 Å². The Hall–Kier alpha value is -1.65. The monoisotopic (exact) mass is 313 g/mol. The Balaban J connectivity index is 1.78. The molecule has 0 radical (unpaired) electrons. The third-order valence-corrected chi connectivity index (χ3v) is 5.15. The first-order valence-electron chi connectivity index (χ1n) is 8.40. The molecule has 23 heavy (non-hydrogen) atoms. The van der Waals surface area contributed by atoms with Crippen LogP contribution in [-0.4, -0.2) is 21.5 Å². The van der Waals surface area contributed by atoms with E-state index in [9.17, 15) is 0 Å². The van der Waals surface area contributed by atoms with Gasteiger partial charge in [0.1, 0.15) is 0 Å². The largest absolute Gasteiger partial charge is 0.394 e. The fourth-order valence-electron chi connectivity index (χ4n) is 3.86. The number of benzene rings is 1. The van der Waals surface area contributed by atoms with Crippen LogP contribution in [-0.2, 0) is 18.5 Å². The van der Waals surface area contributed by atoms with Gasteiger partial charge in [0.2, 0.25) is 0 Å². The van der Waals surface area contributed by atoms with Gasteiger partial charge in [0.15, 0.2) is 0 Å². The minimum absolute atomic E-state index is 0.124. The first-order chi connectivity index (χ1) is 10.9. The molecule has 3 rings (SSSR count). The summed E-state index contributed by atoms with van der Waals surface area (Å²) in [5.74, 6) is 0. The van der Waals surface area contributed by atoms with Gasteiger partial charge in [-0.2, -0.15) is 5.10 Å². The smallest absolute Gasteiger partial charge is 0.0644 e. The molecule has 0 aliphatic heterocycles. The first-order valence-corrected chi connectivity index (χ1v) is 8.40. The van der Waals surface area contributed by atoms with Gasteiger partial charge in [-0.05, 0) is 36.8 Å². The maximum atomic E-state index is 9.14. The van der Waals surface area contributed by atoms with Crippen LogP contribution in [0.5, 0.6) is 0 Å². The van der Waals surface area contributed by atoms with Gasteiger partial charge in [-0.15, -0.1) is 0 Å². The number of aliphatic hydroxyl groups is 1. The zero-order valence-corrected chi connectivity index (χ0v) is 14.6. The second-order valence-corrected chi connectivity index (χ2v) is 7.20. The lowest BCUT2D eigenvalue weighted by Gasteiger charge is -2.19. The molecule has 0 fully saturated rings. The standard InChI is InChI=1S/C19H27N3O/c1-13-16(14(2)22(21-13)9-10-23)12-20-18-11-19(3,4)17-8-6-5-7-15(17)18/h5-8,18,20,23H,9-12H2,1-4H3. The minimum atomic E-state index is 0.124. The van der Waals surface area contributed by atoms with Crippen LogP contribution in [0.2, 0.25) is 0 Å². The van der Waals surface area contributed by atoms with Gasteiger partial charge < -0.3 is 10.4 Å². The van der Waals surface area contributed by atoms with Crippen LogP contribution in [0.15, 0.2) is 24.3 Å². The van der Waals surface area contributed by atoms with Crippen molar-refractivity contribution in [3.63, 3.8) is 0 Å². The summed E-state index contributed by atoms with van der Waals surface area (Å²) in [5, 5.41) is 17.4. The molecule has 0 amide bonds. The summed E-state index contributed by atoms with van der Waals surface area (Å²) < 4.78 is 1.90. The SMILES string of the molecule is Cc1nn(CCO)c(C)c1CNC1CC(C)(C)c2ccccc21. The van der Waals surface area contributed by atoms with Crippen LogP contribution in [0.25, 0.3) is 0 Å². The molecule has 1 aromatic heterocycles. The highest BCUT2D eigenvalue weighted by molar-refractivity contribution is 5.41. The lowest BCUT2D eigenvalue weighted by atomic mass is 9.86. The molecular weight excluding hydrogens is 286 g/mol. The zero-order valence-electron chi connectivity index (χ0n) is 14.6. The number of rotatable bonds is 5. The molecule has 0 saturated heterocycles. The highest BCUT2D eigenvalue weighted by Crippen LogP contribution is 2.44. The number of hydrogen-bond donors (Lipinski definition) is 2. The lowest BCUT2D eigenvalue weighted by Crippen LogP contribution is -2.21. The summed E-state index contributed by atoms with van der Waals surface area (Å²) in [6.07, 6.45) is 1.12. The Morgan fingerprint density at radius 1 is 1.30 bits per heavy atom. The number of nitrogens with one attached hydrogen (secondary N) is 1. The Bertz CT molecular complexity index is 703. The molecular formula is C19H27N3O. The van der Waals surface area contributed by atoms with Crippen LogP contribution in [0.3, 0.4) is 0 Å². The second kappa shape index (κ2) is 6.10. The summed E-state index contributed by atoms with van der Waals surface area (Å²) in [6.45, 7) is 10.3. The third-order valence-electron chi connectivity index (χ3n) is 5.15. The van der Waals surface area contributed by atoms with E-state index in [0.717, 1.165) is 24.4 Å². The normalized spacial score (nSPS) is 19.1. The number of nitrogens with zero attached hydrogens (tertiary/aromatic N) is 2. The van der Waals surface area contributed by atoms with Crippen molar-refractivity contribution < 1.29 is 5.11 Å². The van der Waals surface area contributed by atoms with Gasteiger partial charge in [0.05, 0.1) is 18.8 Å². The van der Waals surface area contributed by atoms with Crippen molar-refractivity contribution in [2.45, 2.75) is 58.7 Å². The second-order valence-electron chi connectivity index (χ2n) is 7.20. The fourth-order valence-corrected chi connectivity index (χ4v) is 3.86. The number of aromatic nitrogens is 2. The summed E-state index contributed by atoms with van der Waals surface area (Å²) in [7, 11) is 0. The molecule has 0 saturated carbocycles. The van der Waals surface area contributed by atoms with Crippen molar-refractivity contribution in [2.75, 3.05) is 6.61 Å². The van der Waals surface area contributed by atoms with E-state index >= 15 is 0 Å². The summed E-state index contributed by atoms with van der Waals surface area (Å²) >= 11 is 0. The number of fused-ring (bicyclic) bond motifs is 1. The van der Waals surface area contributed by atoms with Crippen molar-refractivity contribution in [3.05, 3.63) is 52.3 Å². The van der Waals surface area contributed by atoms with Gasteiger partial charge in [-0.3, -0.25) is 4.68 Å². The summed E-state index contributed by atoms with van der Waals surface area (Å²) in [4.78, 5) is 0. The zero-order chi connectivity index (χ0) is 16.6. The highest BCUT2D eigenvalue weighted by atomic mass is 16.3. The van der Waals surface area contributed by atoms with Gasteiger partial charge in [0.25, 0.3) is 0 Å². The van der Waals surface area contributed by atoms with Gasteiger partial charge in [-0.25, -0.2) is 0 Å². The van der Waals surface area contributed by atoms with Crippen molar-refractivity contribution >= 4 is 0 Å². The summed E-state index contributed by atoms with van der Waals surface area (Å²) in [6, 6.07) is 9.16. The predicted molar refractivity (Wildman–Crippen MR) is 92.5 cm³/mol. The van der Waals surface area contributed by atoms with Gasteiger partial charge in [0, 0.05) is 23.8 Å². The topological polar surface area (TPSA) is 50.1 Å². The molecule has 0 spiro atoms. The van der Waals surface area contributed by atoms with Crippen LogP contribution >= 0.6 is 0 Å². The molecule has 1 atom stereocenters. The van der Waals surface area contributed by atoms with Crippen molar-refractivity contribution in [2.24, 2.45) is 0 Å². The van der Waals surface area contributed by atoms with E-state index < -0.39 is 0 Å². The number of hydrogen-bond acceptors (Lipinski definition) is 3. The quantitative estimate of drug-likeness (QED) is 0.892. The van der Waals surface area contributed by atoms with Crippen LogP contribution in [0.4, 0.5) is 0 Å². The molecule has 1 aromatic carbocycles. The molecule has 124 valence electrons. The molecule has 1 aliphatic carbocycles. The number of aryl methyl sites for hydroxylation is 1. The average Bonchev–Trinajstić information content (AvgIpc) is 2.93. The molecule has 0 bridgehead atoms. The van der Waals surface area contributed by atoms with Crippen LogP contribution < -0.4 is 5.32 Å². The molecule has 1 aliphatic rings. The first kappa shape index (κ1) is 16.2. The Morgan fingerprint density at radius 3 is 2.78 bits per heavy atom. The lowest BCUT2D eigenvalue weighted by molar-refractivity contribution is 0.267. The molecule has 1 heterocycles. The minimum Gasteiger partial charge on any atom is -0.394 e. The van der Waals surface area contributed by atoms with Crippen LogP contribution in [0, 0.1) is 13.8 Å². The van der Waals surface area contributed by atoms with Crippen molar-refractivity contribution in [1.29, 1.82) is 0 Å². The Kier molecular flexibility index (Phi) is 4.30. The molecule has 2 aromatic rings. The van der Waals surface area contributed by atoms with E-state index in [0.29, 0.717) is 12.6 Å². The number of aliphatic hydroxyl groups excluding tert-OH is 1. The molecule has 2 N–H and O–H groups in total. The fraction of sp³-hybridized carbons (Fsp3) is 0.526. The van der Waals surface area contributed by atoms with Crippen molar-refractivity contribution in [3.8, 4) is 0 Å². The van der Waals surface area contributed by atoms with E-state index in [1.54, 1.807) is 0 Å². The van der Waals surface area contributed by atoms with E-state index in [1.807, 2.05) is 11.6 Å². The maximum absolute atomic E-state index is 9.14. The van der Waals surface area contributed by atoms with E-state index in [4.69, 9.17) is 5.11 Å². The van der Waals surface area contributed by atoms with E-state index in [1.165, 1.54) is 16.7 Å². The Labute approximate surface area is 138 Å². The van der Waals surface area contributed by atoms with E-state index in [-0.39, 0.29) is 12.0 Å². The highest BCUT2D eigenvalue weighted by Gasteiger charge is 2.36. The average molecular weight is 313 g/mol. The molecule has 4 nitrogen and oxygen atoms in total. The maximum Gasteiger partial charge on any atom is 0.0644 e. The van der Waals surface area contributed by atoms with E-state index in [2.05, 4.69) is 55.5 Å². The summed E-state index contributed by atoms with van der Waals surface area (Å²) in [5.41, 5.74) is 6.56.